The maximum Gasteiger partial charge on any atom is 0.243 e. The summed E-state index contributed by atoms with van der Waals surface area (Å²) in [7, 11) is 0. The molecule has 0 bridgehead atoms. The van der Waals surface area contributed by atoms with E-state index in [1.807, 2.05) is 30.3 Å². The monoisotopic (exact) mass is 309 g/mol. The number of carbonyl (C=O) groups is 1. The Morgan fingerprint density at radius 3 is 2.82 bits per heavy atom. The minimum Gasteiger partial charge on any atom is -0.390 e. The number of ether oxygens (including phenoxy) is 4. The molecule has 2 fully saturated rings. The third kappa shape index (κ3) is 3.45. The average molecular weight is 309 g/mol. The Labute approximate surface area is 127 Å². The molecule has 22 heavy (non-hydrogen) atoms. The van der Waals surface area contributed by atoms with Gasteiger partial charge in [-0.15, -0.1) is 0 Å². The van der Waals surface area contributed by atoms with Gasteiger partial charge in [-0.2, -0.15) is 0 Å². The van der Waals surface area contributed by atoms with E-state index in [-0.39, 0.29) is 19.6 Å². The van der Waals surface area contributed by atoms with Crippen molar-refractivity contribution in [2.45, 2.75) is 37.3 Å². The van der Waals surface area contributed by atoms with Crippen LogP contribution in [0.25, 0.3) is 0 Å². The van der Waals surface area contributed by atoms with E-state index in [0.717, 1.165) is 5.56 Å². The van der Waals surface area contributed by atoms with Crippen molar-refractivity contribution in [1.82, 2.24) is 0 Å². The van der Waals surface area contributed by atoms with Crippen molar-refractivity contribution in [3.63, 3.8) is 0 Å². The second kappa shape index (κ2) is 6.72. The smallest absolute Gasteiger partial charge is 0.243 e. The molecule has 3 rings (SSSR count). The number of hydrogen-bond acceptors (Lipinski definition) is 6. The van der Waals surface area contributed by atoms with Crippen LogP contribution in [0.15, 0.2) is 30.3 Å². The summed E-state index contributed by atoms with van der Waals surface area (Å²) < 4.78 is 22.3. The summed E-state index contributed by atoms with van der Waals surface area (Å²) in [6.45, 7) is 0.0286. The zero-order chi connectivity index (χ0) is 15.5. The Kier molecular flexibility index (Phi) is 4.70. The minimum atomic E-state index is -0.758. The van der Waals surface area contributed by atoms with Crippen molar-refractivity contribution in [2.24, 2.45) is 5.73 Å². The van der Waals surface area contributed by atoms with Gasteiger partial charge in [0.2, 0.25) is 5.91 Å². The van der Waals surface area contributed by atoms with Crippen LogP contribution in [-0.4, -0.2) is 48.8 Å². The summed E-state index contributed by atoms with van der Waals surface area (Å²) in [5.41, 5.74) is 5.92. The molecule has 0 radical (unpaired) electrons. The molecule has 0 aliphatic carbocycles. The zero-order valence-electron chi connectivity index (χ0n) is 12.0. The number of nitrogens with two attached hydrogens (primary N) is 1. The summed E-state index contributed by atoms with van der Waals surface area (Å²) in [5, 5.41) is 10.2. The summed E-state index contributed by atoms with van der Waals surface area (Å²) in [4.78, 5) is 10.7. The van der Waals surface area contributed by atoms with E-state index in [0.29, 0.717) is 0 Å². The number of hydrogen-bond donors (Lipinski definition) is 2. The van der Waals surface area contributed by atoms with Crippen LogP contribution in [0.5, 0.6) is 0 Å². The Bertz CT molecular complexity index is 510. The molecule has 2 aliphatic rings. The van der Waals surface area contributed by atoms with Crippen LogP contribution in [0.1, 0.15) is 18.3 Å². The third-order valence-corrected chi connectivity index (χ3v) is 3.68. The predicted octanol–water partition coefficient (Wildman–Crippen LogP) is 0.0784. The lowest BCUT2D eigenvalue weighted by Crippen LogP contribution is -2.55. The number of aliphatic hydroxyl groups is 1. The molecule has 5 atom stereocenters. The molecule has 0 spiro atoms. The van der Waals surface area contributed by atoms with Crippen molar-refractivity contribution in [1.29, 1.82) is 0 Å². The topological polar surface area (TPSA) is 100 Å². The van der Waals surface area contributed by atoms with Gasteiger partial charge in [-0.05, 0) is 0 Å². The first kappa shape index (κ1) is 15.4. The van der Waals surface area contributed by atoms with Crippen molar-refractivity contribution in [2.75, 3.05) is 13.2 Å². The highest BCUT2D eigenvalue weighted by molar-refractivity contribution is 5.74. The lowest BCUT2D eigenvalue weighted by Gasteiger charge is -2.44. The lowest BCUT2D eigenvalue weighted by molar-refractivity contribution is -0.336. The fraction of sp³-hybridized carbons (Fsp3) is 0.533. The molecule has 0 saturated carbocycles. The van der Waals surface area contributed by atoms with Crippen molar-refractivity contribution in [3.8, 4) is 0 Å². The molecule has 2 heterocycles. The van der Waals surface area contributed by atoms with Gasteiger partial charge in [0, 0.05) is 12.0 Å². The number of primary amides is 1. The first-order chi connectivity index (χ1) is 10.6. The number of benzene rings is 1. The Balaban J connectivity index is 1.61. The third-order valence-electron chi connectivity index (χ3n) is 3.68. The quantitative estimate of drug-likeness (QED) is 0.817. The van der Waals surface area contributed by atoms with E-state index >= 15 is 0 Å². The summed E-state index contributed by atoms with van der Waals surface area (Å²) in [6.07, 6.45) is -2.69. The van der Waals surface area contributed by atoms with Crippen molar-refractivity contribution >= 4 is 5.91 Å². The molecule has 1 aromatic carbocycles. The van der Waals surface area contributed by atoms with Crippen LogP contribution in [-0.2, 0) is 23.7 Å². The number of amides is 1. The highest BCUT2D eigenvalue weighted by atomic mass is 16.7. The highest BCUT2D eigenvalue weighted by Crippen LogP contribution is 2.33. The van der Waals surface area contributed by atoms with Gasteiger partial charge >= 0.3 is 0 Å². The molecular formula is C15H19NO6. The van der Waals surface area contributed by atoms with Gasteiger partial charge in [0.1, 0.15) is 18.8 Å². The first-order valence-corrected chi connectivity index (χ1v) is 7.19. The molecule has 1 aromatic rings. The lowest BCUT2D eigenvalue weighted by atomic mass is 10.0. The Hall–Kier alpha value is -1.51. The van der Waals surface area contributed by atoms with Crippen LogP contribution < -0.4 is 5.73 Å². The van der Waals surface area contributed by atoms with Gasteiger partial charge in [-0.1, -0.05) is 30.3 Å². The first-order valence-electron chi connectivity index (χ1n) is 7.19. The van der Waals surface area contributed by atoms with E-state index in [1.54, 1.807) is 0 Å². The van der Waals surface area contributed by atoms with Gasteiger partial charge in [0.25, 0.3) is 0 Å². The second-order valence-electron chi connectivity index (χ2n) is 5.36. The van der Waals surface area contributed by atoms with Crippen molar-refractivity contribution < 1.29 is 28.8 Å². The van der Waals surface area contributed by atoms with E-state index in [4.69, 9.17) is 24.7 Å². The Morgan fingerprint density at radius 1 is 1.32 bits per heavy atom. The zero-order valence-corrected chi connectivity index (χ0v) is 12.0. The normalized spacial score (nSPS) is 34.9. The second-order valence-corrected chi connectivity index (χ2v) is 5.36. The van der Waals surface area contributed by atoms with Crippen LogP contribution in [0, 0.1) is 0 Å². The Morgan fingerprint density at radius 2 is 2.09 bits per heavy atom. The molecule has 120 valence electrons. The van der Waals surface area contributed by atoms with Crippen LogP contribution in [0.3, 0.4) is 0 Å². The van der Waals surface area contributed by atoms with E-state index in [9.17, 15) is 9.90 Å². The highest BCUT2D eigenvalue weighted by Gasteiger charge is 2.44. The number of fused-ring (bicyclic) bond motifs is 1. The fourth-order valence-corrected chi connectivity index (χ4v) is 2.65. The largest absolute Gasteiger partial charge is 0.390 e. The van der Waals surface area contributed by atoms with Gasteiger partial charge in [0.05, 0.1) is 12.7 Å². The summed E-state index contributed by atoms with van der Waals surface area (Å²) in [5.74, 6) is -0.583. The van der Waals surface area contributed by atoms with E-state index < -0.39 is 36.8 Å². The molecule has 2 aliphatic heterocycles. The van der Waals surface area contributed by atoms with Gasteiger partial charge in [0.15, 0.2) is 12.6 Å². The van der Waals surface area contributed by atoms with Gasteiger partial charge in [-0.25, -0.2) is 0 Å². The number of aliphatic hydroxyl groups excluding tert-OH is 1. The number of carbonyl (C=O) groups excluding carboxylic acids is 1. The van der Waals surface area contributed by atoms with E-state index in [2.05, 4.69) is 0 Å². The van der Waals surface area contributed by atoms with Crippen LogP contribution >= 0.6 is 0 Å². The molecule has 7 heteroatoms. The summed E-state index contributed by atoms with van der Waals surface area (Å²) in [6, 6.07) is 9.51. The maximum absolute atomic E-state index is 10.7. The molecule has 0 aromatic heterocycles. The summed E-state index contributed by atoms with van der Waals surface area (Å²) >= 11 is 0. The molecular weight excluding hydrogens is 290 g/mol. The van der Waals surface area contributed by atoms with Crippen LogP contribution in [0.2, 0.25) is 0 Å². The predicted molar refractivity (Wildman–Crippen MR) is 74.4 cm³/mol. The molecule has 2 unspecified atom stereocenters. The van der Waals surface area contributed by atoms with Crippen molar-refractivity contribution in [3.05, 3.63) is 35.9 Å². The van der Waals surface area contributed by atoms with E-state index in [1.165, 1.54) is 0 Å². The van der Waals surface area contributed by atoms with Crippen LogP contribution in [0.4, 0.5) is 0 Å². The molecule has 7 nitrogen and oxygen atoms in total. The minimum absolute atomic E-state index is 0.218. The average Bonchev–Trinajstić information content (AvgIpc) is 2.53. The molecule has 3 N–H and O–H groups in total. The SMILES string of the molecule is NC(=O)COC1C[C@@H](O)[C@H]2OC(c3ccccc3)OC[C@H]2O1. The van der Waals surface area contributed by atoms with Gasteiger partial charge in [-0.3, -0.25) is 4.79 Å². The standard InChI is InChI=1S/C15H19NO6/c16-12(18)8-19-13-6-10(17)14-11(21-13)7-20-15(22-14)9-4-2-1-3-5-9/h1-5,10-11,13-15,17H,6-8H2,(H2,16,18)/t10-,11-,13?,14-,15?/m1/s1. The maximum atomic E-state index is 10.7. The fourth-order valence-electron chi connectivity index (χ4n) is 2.65. The number of rotatable bonds is 4. The molecule has 2 saturated heterocycles. The molecule has 1 amide bonds. The van der Waals surface area contributed by atoms with Gasteiger partial charge < -0.3 is 29.8 Å².